The lowest BCUT2D eigenvalue weighted by atomic mass is 10.1. The monoisotopic (exact) mass is 246 g/mol. The minimum absolute atomic E-state index is 0.407. The zero-order valence-electron chi connectivity index (χ0n) is 8.57. The molecule has 0 saturated carbocycles. The molecule has 0 radical (unpaired) electrons. The molecule has 0 fully saturated rings. The Morgan fingerprint density at radius 3 is 2.94 bits per heavy atom. The number of aromatic nitrogens is 4. The molecule has 0 unspecified atom stereocenters. The maximum absolute atomic E-state index is 11.5. The van der Waals surface area contributed by atoms with Crippen molar-refractivity contribution in [1.82, 2.24) is 20.2 Å². The van der Waals surface area contributed by atoms with Crippen LogP contribution in [0.15, 0.2) is 35.4 Å². The van der Waals surface area contributed by atoms with Gasteiger partial charge in [0.15, 0.2) is 0 Å². The summed E-state index contributed by atoms with van der Waals surface area (Å²) in [7, 11) is 0. The van der Waals surface area contributed by atoms with E-state index in [9.17, 15) is 4.79 Å². The maximum Gasteiger partial charge on any atom is 0.345 e. The van der Waals surface area contributed by atoms with Gasteiger partial charge in [0.2, 0.25) is 0 Å². The average molecular weight is 247 g/mol. The van der Waals surface area contributed by atoms with Crippen LogP contribution >= 0.6 is 11.6 Å². The lowest BCUT2D eigenvalue weighted by Crippen LogP contribution is -2.11. The normalized spacial score (nSPS) is 10.9. The minimum atomic E-state index is -0.407. The van der Waals surface area contributed by atoms with Crippen LogP contribution in [0.3, 0.4) is 0 Å². The predicted octanol–water partition coefficient (Wildman–Crippen LogP) is 1.97. The standard InChI is InChI=1S/C11H7ClN4O/c12-7-1-2-8-9(3-7)15-11(17)16-10(8)6-4-13-14-5-6/h1-5H,(H,13,14)(H,15,16,17). The topological polar surface area (TPSA) is 74.4 Å². The van der Waals surface area contributed by atoms with E-state index in [1.165, 1.54) is 0 Å². The van der Waals surface area contributed by atoms with Crippen molar-refractivity contribution in [3.63, 3.8) is 0 Å². The number of benzene rings is 1. The molecule has 0 amide bonds. The van der Waals surface area contributed by atoms with Crippen LogP contribution in [0.25, 0.3) is 22.2 Å². The molecule has 2 N–H and O–H groups in total. The molecule has 0 aliphatic heterocycles. The molecule has 0 aliphatic rings. The molecule has 3 aromatic rings. The van der Waals surface area contributed by atoms with Crippen molar-refractivity contribution in [2.24, 2.45) is 0 Å². The van der Waals surface area contributed by atoms with Crippen molar-refractivity contribution in [2.45, 2.75) is 0 Å². The summed E-state index contributed by atoms with van der Waals surface area (Å²) in [6.45, 7) is 0. The van der Waals surface area contributed by atoms with Gasteiger partial charge >= 0.3 is 5.69 Å². The quantitative estimate of drug-likeness (QED) is 0.689. The number of aromatic amines is 2. The second kappa shape index (κ2) is 3.71. The van der Waals surface area contributed by atoms with Gasteiger partial charge in [-0.25, -0.2) is 4.79 Å². The molecule has 17 heavy (non-hydrogen) atoms. The highest BCUT2D eigenvalue weighted by atomic mass is 35.5. The largest absolute Gasteiger partial charge is 0.345 e. The van der Waals surface area contributed by atoms with E-state index in [2.05, 4.69) is 20.2 Å². The Balaban J connectivity index is 2.42. The highest BCUT2D eigenvalue weighted by molar-refractivity contribution is 6.31. The number of nitrogens with zero attached hydrogens (tertiary/aromatic N) is 2. The number of nitrogens with one attached hydrogen (secondary N) is 2. The van der Waals surface area contributed by atoms with Gasteiger partial charge in [-0.05, 0) is 18.2 Å². The summed E-state index contributed by atoms with van der Waals surface area (Å²) in [6, 6.07) is 5.28. The maximum atomic E-state index is 11.5. The zero-order valence-corrected chi connectivity index (χ0v) is 9.32. The average Bonchev–Trinajstić information content (AvgIpc) is 2.80. The van der Waals surface area contributed by atoms with E-state index >= 15 is 0 Å². The van der Waals surface area contributed by atoms with Gasteiger partial charge in [0.1, 0.15) is 0 Å². The summed E-state index contributed by atoms with van der Waals surface area (Å²) >= 11 is 5.89. The molecule has 5 nitrogen and oxygen atoms in total. The Morgan fingerprint density at radius 1 is 1.29 bits per heavy atom. The van der Waals surface area contributed by atoms with Crippen LogP contribution in [0.1, 0.15) is 0 Å². The summed E-state index contributed by atoms with van der Waals surface area (Å²) in [4.78, 5) is 18.1. The number of halogens is 1. The molecule has 1 aromatic carbocycles. The third-order valence-electron chi connectivity index (χ3n) is 2.46. The summed E-state index contributed by atoms with van der Waals surface area (Å²) in [5, 5.41) is 7.94. The highest BCUT2D eigenvalue weighted by Gasteiger charge is 2.08. The number of hydrogen-bond acceptors (Lipinski definition) is 3. The summed E-state index contributed by atoms with van der Waals surface area (Å²) in [5.74, 6) is 0. The van der Waals surface area contributed by atoms with Gasteiger partial charge in [0.05, 0.1) is 17.4 Å². The van der Waals surface area contributed by atoms with E-state index < -0.39 is 5.69 Å². The van der Waals surface area contributed by atoms with Crippen LogP contribution in [0.5, 0.6) is 0 Å². The number of fused-ring (bicyclic) bond motifs is 1. The molecule has 0 saturated heterocycles. The van der Waals surface area contributed by atoms with Gasteiger partial charge < -0.3 is 4.98 Å². The van der Waals surface area contributed by atoms with Gasteiger partial charge in [0.25, 0.3) is 0 Å². The smallest absolute Gasteiger partial charge is 0.305 e. The van der Waals surface area contributed by atoms with Crippen LogP contribution in [0.2, 0.25) is 5.02 Å². The molecule has 0 atom stereocenters. The van der Waals surface area contributed by atoms with Crippen LogP contribution in [0.4, 0.5) is 0 Å². The lowest BCUT2D eigenvalue weighted by Gasteiger charge is -2.03. The fourth-order valence-electron chi connectivity index (χ4n) is 1.73. The van der Waals surface area contributed by atoms with E-state index in [1.807, 2.05) is 6.07 Å². The van der Waals surface area contributed by atoms with E-state index in [-0.39, 0.29) is 0 Å². The highest BCUT2D eigenvalue weighted by Crippen LogP contribution is 2.25. The Bertz CT molecular complexity index is 733. The lowest BCUT2D eigenvalue weighted by molar-refractivity contribution is 1.09. The van der Waals surface area contributed by atoms with Crippen molar-refractivity contribution in [3.8, 4) is 11.3 Å². The number of hydrogen-bond donors (Lipinski definition) is 2. The summed E-state index contributed by atoms with van der Waals surface area (Å²) in [6.07, 6.45) is 3.31. The first-order valence-corrected chi connectivity index (χ1v) is 5.30. The van der Waals surface area contributed by atoms with E-state index in [1.54, 1.807) is 24.5 Å². The fraction of sp³-hybridized carbons (Fsp3) is 0. The molecular formula is C11H7ClN4O. The molecule has 84 valence electrons. The van der Waals surface area contributed by atoms with Gasteiger partial charge in [-0.3, -0.25) is 5.10 Å². The first-order valence-electron chi connectivity index (χ1n) is 4.93. The van der Waals surface area contributed by atoms with Crippen molar-refractivity contribution in [3.05, 3.63) is 46.1 Å². The Kier molecular flexibility index (Phi) is 2.19. The number of rotatable bonds is 1. The molecular weight excluding hydrogens is 240 g/mol. The third-order valence-corrected chi connectivity index (χ3v) is 2.70. The molecule has 2 aromatic heterocycles. The molecule has 2 heterocycles. The second-order valence-corrected chi connectivity index (χ2v) is 4.00. The van der Waals surface area contributed by atoms with E-state index in [4.69, 9.17) is 11.6 Å². The summed E-state index contributed by atoms with van der Waals surface area (Å²) in [5.41, 5.74) is 1.61. The van der Waals surface area contributed by atoms with Crippen LogP contribution in [-0.2, 0) is 0 Å². The minimum Gasteiger partial charge on any atom is -0.305 e. The van der Waals surface area contributed by atoms with E-state index in [0.717, 1.165) is 10.9 Å². The first-order chi connectivity index (χ1) is 8.24. The number of H-pyrrole nitrogens is 2. The van der Waals surface area contributed by atoms with Gasteiger partial charge in [0, 0.05) is 22.2 Å². The molecule has 0 spiro atoms. The van der Waals surface area contributed by atoms with Crippen molar-refractivity contribution in [1.29, 1.82) is 0 Å². The molecule has 0 bridgehead atoms. The second-order valence-electron chi connectivity index (χ2n) is 3.57. The Morgan fingerprint density at radius 2 is 2.18 bits per heavy atom. The van der Waals surface area contributed by atoms with Gasteiger partial charge in [-0.2, -0.15) is 10.1 Å². The van der Waals surface area contributed by atoms with Crippen molar-refractivity contribution in [2.75, 3.05) is 0 Å². The predicted molar refractivity (Wildman–Crippen MR) is 65.0 cm³/mol. The Hall–Kier alpha value is -2.14. The van der Waals surface area contributed by atoms with Crippen molar-refractivity contribution >= 4 is 22.5 Å². The first kappa shape index (κ1) is 10.0. The summed E-state index contributed by atoms with van der Waals surface area (Å²) < 4.78 is 0. The Labute approximate surface area is 100 Å². The molecule has 3 rings (SSSR count). The van der Waals surface area contributed by atoms with Crippen LogP contribution < -0.4 is 5.69 Å². The molecule has 0 aliphatic carbocycles. The zero-order chi connectivity index (χ0) is 11.8. The van der Waals surface area contributed by atoms with Crippen LogP contribution in [0, 0.1) is 0 Å². The van der Waals surface area contributed by atoms with Crippen LogP contribution in [-0.4, -0.2) is 20.2 Å². The third kappa shape index (κ3) is 1.70. The van der Waals surface area contributed by atoms with Crippen molar-refractivity contribution < 1.29 is 0 Å². The molecule has 6 heteroatoms. The van der Waals surface area contributed by atoms with Gasteiger partial charge in [-0.1, -0.05) is 11.6 Å². The SMILES string of the molecule is O=c1nc(-c2cn[nH]c2)c2ccc(Cl)cc2[nH]1. The van der Waals surface area contributed by atoms with E-state index in [0.29, 0.717) is 16.2 Å². The fourth-order valence-corrected chi connectivity index (χ4v) is 1.90. The van der Waals surface area contributed by atoms with Gasteiger partial charge in [-0.15, -0.1) is 0 Å².